The fourth-order valence-corrected chi connectivity index (χ4v) is 2.54. The van der Waals surface area contributed by atoms with E-state index >= 15 is 0 Å². The van der Waals surface area contributed by atoms with Gasteiger partial charge in [-0.1, -0.05) is 0 Å². The van der Waals surface area contributed by atoms with Crippen LogP contribution in [-0.2, 0) is 28.8 Å². The van der Waals surface area contributed by atoms with Crippen molar-refractivity contribution in [2.24, 2.45) is 11.5 Å². The van der Waals surface area contributed by atoms with Crippen molar-refractivity contribution < 1.29 is 39.0 Å². The quantitative estimate of drug-likeness (QED) is 0.115. The van der Waals surface area contributed by atoms with Crippen molar-refractivity contribution in [2.45, 2.75) is 43.4 Å². The zero-order valence-electron chi connectivity index (χ0n) is 15.7. The van der Waals surface area contributed by atoms with Gasteiger partial charge in [0.2, 0.25) is 23.6 Å². The number of thiol groups is 2. The number of nitrogens with two attached hydrogens (primary N) is 2. The summed E-state index contributed by atoms with van der Waals surface area (Å²) in [6.45, 7) is 0. The highest BCUT2D eigenvalue weighted by atomic mass is 32.1. The van der Waals surface area contributed by atoms with Crippen LogP contribution in [0.25, 0.3) is 0 Å². The fraction of sp³-hybridized carbons (Fsp3) is 0.600. The van der Waals surface area contributed by atoms with Gasteiger partial charge in [-0.2, -0.15) is 25.3 Å². The normalized spacial score (nSPS) is 14.5. The maximum Gasteiger partial charge on any atom is 0.326 e. The second-order valence-electron chi connectivity index (χ2n) is 6.10. The summed E-state index contributed by atoms with van der Waals surface area (Å²) in [5.74, 6) is -6.55. The Labute approximate surface area is 182 Å². The molecule has 0 aromatic rings. The van der Waals surface area contributed by atoms with E-state index in [2.05, 4.69) is 41.2 Å². The van der Waals surface area contributed by atoms with E-state index in [0.29, 0.717) is 0 Å². The van der Waals surface area contributed by atoms with Crippen molar-refractivity contribution in [3.8, 4) is 0 Å². The van der Waals surface area contributed by atoms with Gasteiger partial charge in [0.25, 0.3) is 0 Å². The predicted molar refractivity (Wildman–Crippen MR) is 110 cm³/mol. The van der Waals surface area contributed by atoms with Crippen molar-refractivity contribution in [3.63, 3.8) is 0 Å². The van der Waals surface area contributed by atoms with E-state index in [1.54, 1.807) is 0 Å². The van der Waals surface area contributed by atoms with Gasteiger partial charge in [-0.05, 0) is 6.42 Å². The maximum absolute atomic E-state index is 12.4. The molecule has 9 N–H and O–H groups in total. The SMILES string of the molecule is NC(=O)CC(NC(=O)C(CS)NC(=O)C(CS)NC(=O)C(N)CCC(=O)O)C(=O)O. The minimum atomic E-state index is -1.60. The molecule has 13 nitrogen and oxygen atoms in total. The molecular weight excluding hydrogens is 442 g/mol. The van der Waals surface area contributed by atoms with Crippen molar-refractivity contribution >= 4 is 60.8 Å². The molecular formula is C15H25N5O8S2. The maximum atomic E-state index is 12.4. The third-order valence-corrected chi connectivity index (χ3v) is 4.39. The number of carbonyl (C=O) groups excluding carboxylic acids is 4. The molecule has 0 aliphatic rings. The number of carboxylic acid groups (broad SMARTS) is 2. The summed E-state index contributed by atoms with van der Waals surface area (Å²) in [6, 6.07) is -5.28. The van der Waals surface area contributed by atoms with Crippen LogP contribution in [0, 0.1) is 0 Å². The van der Waals surface area contributed by atoms with Crippen LogP contribution in [-0.4, -0.2) is 81.5 Å². The highest BCUT2D eigenvalue weighted by Crippen LogP contribution is 2.00. The summed E-state index contributed by atoms with van der Waals surface area (Å²) in [7, 11) is 0. The summed E-state index contributed by atoms with van der Waals surface area (Å²) in [5.41, 5.74) is 10.5. The van der Waals surface area contributed by atoms with Gasteiger partial charge in [-0.3, -0.25) is 24.0 Å². The molecule has 4 unspecified atom stereocenters. The van der Waals surface area contributed by atoms with Crippen LogP contribution in [0.15, 0.2) is 0 Å². The molecule has 4 amide bonds. The first-order chi connectivity index (χ1) is 13.9. The first-order valence-electron chi connectivity index (χ1n) is 8.54. The third-order valence-electron chi connectivity index (χ3n) is 3.66. The summed E-state index contributed by atoms with van der Waals surface area (Å²) in [6.07, 6.45) is -1.15. The minimum Gasteiger partial charge on any atom is -0.481 e. The Bertz CT molecular complexity index is 677. The van der Waals surface area contributed by atoms with Crippen molar-refractivity contribution in [3.05, 3.63) is 0 Å². The number of aliphatic carboxylic acids is 2. The zero-order chi connectivity index (χ0) is 23.4. The molecule has 4 atom stereocenters. The van der Waals surface area contributed by atoms with E-state index in [9.17, 15) is 28.8 Å². The molecule has 0 bridgehead atoms. The van der Waals surface area contributed by atoms with Gasteiger partial charge in [0.1, 0.15) is 18.1 Å². The van der Waals surface area contributed by atoms with E-state index < -0.39 is 66.2 Å². The number of amides is 4. The number of carbonyl (C=O) groups is 6. The van der Waals surface area contributed by atoms with Gasteiger partial charge in [-0.25, -0.2) is 4.79 Å². The van der Waals surface area contributed by atoms with E-state index in [4.69, 9.17) is 21.7 Å². The smallest absolute Gasteiger partial charge is 0.326 e. The second-order valence-corrected chi connectivity index (χ2v) is 6.83. The molecule has 0 saturated heterocycles. The number of primary amides is 1. The molecule has 0 saturated carbocycles. The van der Waals surface area contributed by atoms with Gasteiger partial charge < -0.3 is 37.6 Å². The highest BCUT2D eigenvalue weighted by molar-refractivity contribution is 7.80. The Balaban J connectivity index is 4.97. The Morgan fingerprint density at radius 2 is 1.23 bits per heavy atom. The lowest BCUT2D eigenvalue weighted by Gasteiger charge is -2.23. The van der Waals surface area contributed by atoms with Crippen LogP contribution in [0.4, 0.5) is 0 Å². The average Bonchev–Trinajstić information content (AvgIpc) is 2.66. The van der Waals surface area contributed by atoms with E-state index in [1.165, 1.54) is 0 Å². The van der Waals surface area contributed by atoms with Crippen LogP contribution >= 0.6 is 25.3 Å². The Kier molecular flexibility index (Phi) is 12.5. The highest BCUT2D eigenvalue weighted by Gasteiger charge is 2.29. The lowest BCUT2D eigenvalue weighted by atomic mass is 10.1. The number of rotatable bonds is 14. The monoisotopic (exact) mass is 467 g/mol. The molecule has 0 rings (SSSR count). The van der Waals surface area contributed by atoms with E-state index in [1.807, 2.05) is 0 Å². The van der Waals surface area contributed by atoms with Gasteiger partial charge in [0.15, 0.2) is 0 Å². The molecule has 170 valence electrons. The van der Waals surface area contributed by atoms with Gasteiger partial charge in [0, 0.05) is 17.9 Å². The Morgan fingerprint density at radius 1 is 0.800 bits per heavy atom. The minimum absolute atomic E-state index is 0.153. The largest absolute Gasteiger partial charge is 0.481 e. The Morgan fingerprint density at radius 3 is 1.60 bits per heavy atom. The van der Waals surface area contributed by atoms with Gasteiger partial charge in [-0.15, -0.1) is 0 Å². The summed E-state index contributed by atoms with van der Waals surface area (Å²) in [4.78, 5) is 69.1. The molecule has 0 aromatic carbocycles. The number of hydrogen-bond donors (Lipinski definition) is 9. The van der Waals surface area contributed by atoms with Crippen LogP contribution in [0.2, 0.25) is 0 Å². The summed E-state index contributed by atoms with van der Waals surface area (Å²) >= 11 is 7.87. The van der Waals surface area contributed by atoms with Crippen LogP contribution in [0.5, 0.6) is 0 Å². The van der Waals surface area contributed by atoms with Gasteiger partial charge in [0.05, 0.1) is 12.5 Å². The first-order valence-corrected chi connectivity index (χ1v) is 9.80. The van der Waals surface area contributed by atoms with Crippen LogP contribution in [0.3, 0.4) is 0 Å². The predicted octanol–water partition coefficient (Wildman–Crippen LogP) is -3.55. The molecule has 0 aromatic heterocycles. The first kappa shape index (κ1) is 27.5. The number of hydrogen-bond acceptors (Lipinski definition) is 9. The molecule has 30 heavy (non-hydrogen) atoms. The average molecular weight is 468 g/mol. The Hall–Kier alpha value is -2.52. The van der Waals surface area contributed by atoms with Crippen molar-refractivity contribution in [1.29, 1.82) is 0 Å². The number of nitrogens with one attached hydrogen (secondary N) is 3. The molecule has 0 radical (unpaired) electrons. The molecule has 0 spiro atoms. The van der Waals surface area contributed by atoms with Gasteiger partial charge >= 0.3 is 11.9 Å². The van der Waals surface area contributed by atoms with Crippen LogP contribution < -0.4 is 27.4 Å². The molecule has 0 heterocycles. The molecule has 0 fully saturated rings. The molecule has 0 aliphatic heterocycles. The molecule has 0 aliphatic carbocycles. The summed E-state index contributed by atoms with van der Waals surface area (Å²) < 4.78 is 0. The standard InChI is InChI=1S/C15H25N5O8S2/c16-6(1-2-11(22)23)12(24)19-8(4-29)14(26)20-9(5-30)13(25)18-7(15(27)28)3-10(17)21/h6-9,29-30H,1-5,16H2,(H2,17,21)(H,18,25)(H,19,24)(H,20,26)(H,22,23)(H,27,28). The topological polar surface area (TPSA) is 231 Å². The third kappa shape index (κ3) is 10.3. The second kappa shape index (κ2) is 13.7. The summed E-state index contributed by atoms with van der Waals surface area (Å²) in [5, 5.41) is 24.3. The molecule has 15 heteroatoms. The zero-order valence-corrected chi connectivity index (χ0v) is 17.5. The lowest BCUT2D eigenvalue weighted by Crippen LogP contribution is -2.58. The van der Waals surface area contributed by atoms with E-state index in [0.717, 1.165) is 0 Å². The lowest BCUT2D eigenvalue weighted by molar-refractivity contribution is -0.143. The fourth-order valence-electron chi connectivity index (χ4n) is 2.02. The van der Waals surface area contributed by atoms with Crippen molar-refractivity contribution in [2.75, 3.05) is 11.5 Å². The number of carboxylic acids is 2. The van der Waals surface area contributed by atoms with Crippen molar-refractivity contribution in [1.82, 2.24) is 16.0 Å². The van der Waals surface area contributed by atoms with Crippen LogP contribution in [0.1, 0.15) is 19.3 Å². The van der Waals surface area contributed by atoms with E-state index in [-0.39, 0.29) is 24.3 Å².